The topological polar surface area (TPSA) is 0 Å². The lowest BCUT2D eigenvalue weighted by molar-refractivity contribution is -0.0889. The van der Waals surface area contributed by atoms with Crippen LogP contribution in [0, 0.1) is 0 Å². The van der Waals surface area contributed by atoms with E-state index in [1.54, 1.807) is 0 Å². The molecule has 0 saturated carbocycles. The second-order valence-electron chi connectivity index (χ2n) is 2.65. The first-order valence-corrected chi connectivity index (χ1v) is 6.16. The summed E-state index contributed by atoms with van der Waals surface area (Å²) in [5.41, 5.74) is -0.217. The van der Waals surface area contributed by atoms with Crippen molar-refractivity contribution < 1.29 is 13.2 Å². The maximum Gasteiger partial charge on any atom is 0.416 e. The summed E-state index contributed by atoms with van der Waals surface area (Å²) in [7, 11) is 0.410. The third-order valence-corrected chi connectivity index (χ3v) is 3.91. The molecule has 0 aromatic rings. The molecule has 0 rings (SSSR count). The van der Waals surface area contributed by atoms with Gasteiger partial charge in [-0.2, -0.15) is 13.2 Å². The zero-order valence-electron chi connectivity index (χ0n) is 7.59. The van der Waals surface area contributed by atoms with Gasteiger partial charge in [0.05, 0.1) is 5.57 Å². The summed E-state index contributed by atoms with van der Waals surface area (Å²) in [6, 6.07) is 0. The smallest absolute Gasteiger partial charge is 0.166 e. The van der Waals surface area contributed by atoms with Crippen LogP contribution in [0.5, 0.6) is 0 Å². The van der Waals surface area contributed by atoms with E-state index in [0.29, 0.717) is 14.2 Å². The summed E-state index contributed by atoms with van der Waals surface area (Å²) >= 11 is 1.93. The van der Waals surface area contributed by atoms with Crippen LogP contribution >= 0.6 is 31.2 Å². The Balaban J connectivity index is 5.00. The van der Waals surface area contributed by atoms with Crippen molar-refractivity contribution in [2.75, 3.05) is 6.66 Å². The van der Waals surface area contributed by atoms with Crippen molar-refractivity contribution in [3.05, 3.63) is 20.5 Å². The predicted octanol–water partition coefficient (Wildman–Crippen LogP) is 4.47. The van der Waals surface area contributed by atoms with Crippen LogP contribution in [0.4, 0.5) is 13.2 Å². The minimum Gasteiger partial charge on any atom is -0.166 e. The van der Waals surface area contributed by atoms with Crippen LogP contribution in [-0.4, -0.2) is 12.8 Å². The van der Waals surface area contributed by atoms with E-state index in [1.165, 1.54) is 19.9 Å². The van der Waals surface area contributed by atoms with Gasteiger partial charge in [-0.3, -0.25) is 0 Å². The minimum absolute atomic E-state index is 0.305. The Labute approximate surface area is 91.6 Å². The molecule has 0 N–H and O–H groups in total. The maximum absolute atomic E-state index is 12.4. The lowest BCUT2D eigenvalue weighted by Gasteiger charge is -2.10. The summed E-state index contributed by atoms with van der Waals surface area (Å²) in [6.07, 6.45) is -3.01. The number of hydrogen-bond donors (Lipinski definition) is 0. The molecular formula is C8H11F3IP. The number of rotatable bonds is 2. The van der Waals surface area contributed by atoms with E-state index < -0.39 is 11.7 Å². The molecule has 0 aliphatic rings. The summed E-state index contributed by atoms with van der Waals surface area (Å²) in [5.74, 6) is 0. The monoisotopic (exact) mass is 322 g/mol. The molecule has 1 unspecified atom stereocenters. The predicted molar refractivity (Wildman–Crippen MR) is 60.8 cm³/mol. The Kier molecular flexibility index (Phi) is 5.52. The molecular weight excluding hydrogens is 311 g/mol. The van der Waals surface area contributed by atoms with E-state index >= 15 is 0 Å². The fourth-order valence-electron chi connectivity index (χ4n) is 0.709. The summed E-state index contributed by atoms with van der Waals surface area (Å²) in [4.78, 5) is 0. The third-order valence-electron chi connectivity index (χ3n) is 1.35. The fraction of sp³-hybridized carbons (Fsp3) is 0.500. The highest BCUT2D eigenvalue weighted by atomic mass is 127. The van der Waals surface area contributed by atoms with Gasteiger partial charge in [-0.1, -0.05) is 14.2 Å². The molecule has 0 aliphatic heterocycles. The third kappa shape index (κ3) is 5.01. The average molecular weight is 322 g/mol. The highest BCUT2D eigenvalue weighted by molar-refractivity contribution is 14.1. The Bertz CT molecular complexity index is 236. The van der Waals surface area contributed by atoms with E-state index in [-0.39, 0.29) is 0 Å². The molecule has 0 bridgehead atoms. The molecule has 76 valence electrons. The molecule has 13 heavy (non-hydrogen) atoms. The van der Waals surface area contributed by atoms with Crippen molar-refractivity contribution >= 4 is 31.2 Å². The highest BCUT2D eigenvalue weighted by Crippen LogP contribution is 2.35. The van der Waals surface area contributed by atoms with Crippen LogP contribution in [0.1, 0.15) is 13.8 Å². The quantitative estimate of drug-likeness (QED) is 0.400. The zero-order chi connectivity index (χ0) is 10.6. The van der Waals surface area contributed by atoms with Crippen LogP contribution in [0.25, 0.3) is 0 Å². The standard InChI is InChI=1S/C8H11F3IP/c1-5(2)6(8(9,10)11)4-7(12)13-3/h4,13H,1-3H3/b7-4-. The Morgan fingerprint density at radius 2 is 1.77 bits per heavy atom. The minimum atomic E-state index is -4.23. The number of hydrogen-bond acceptors (Lipinski definition) is 0. The normalized spacial score (nSPS) is 13.9. The van der Waals surface area contributed by atoms with E-state index in [4.69, 9.17) is 0 Å². The molecule has 5 heteroatoms. The van der Waals surface area contributed by atoms with Gasteiger partial charge in [0.15, 0.2) is 0 Å². The van der Waals surface area contributed by atoms with E-state index in [9.17, 15) is 13.2 Å². The maximum atomic E-state index is 12.4. The van der Waals surface area contributed by atoms with Crippen LogP contribution in [0.3, 0.4) is 0 Å². The van der Waals surface area contributed by atoms with Gasteiger partial charge < -0.3 is 0 Å². The first-order chi connectivity index (χ1) is 5.79. The molecule has 0 aromatic carbocycles. The molecule has 0 aliphatic carbocycles. The van der Waals surface area contributed by atoms with Gasteiger partial charge in [0.2, 0.25) is 0 Å². The van der Waals surface area contributed by atoms with Gasteiger partial charge in [0, 0.05) is 3.32 Å². The number of halogens is 4. The molecule has 0 saturated heterocycles. The van der Waals surface area contributed by atoms with E-state index in [1.807, 2.05) is 29.3 Å². The molecule has 0 spiro atoms. The van der Waals surface area contributed by atoms with Gasteiger partial charge in [-0.15, -0.1) is 0 Å². The van der Waals surface area contributed by atoms with Gasteiger partial charge in [0.25, 0.3) is 0 Å². The number of allylic oxidation sites excluding steroid dienone is 3. The van der Waals surface area contributed by atoms with Crippen molar-refractivity contribution in [3.8, 4) is 0 Å². The van der Waals surface area contributed by atoms with Crippen LogP contribution in [-0.2, 0) is 0 Å². The van der Waals surface area contributed by atoms with Crippen molar-refractivity contribution in [3.63, 3.8) is 0 Å². The van der Waals surface area contributed by atoms with E-state index in [0.717, 1.165) is 3.32 Å². The van der Waals surface area contributed by atoms with Gasteiger partial charge >= 0.3 is 6.18 Å². The highest BCUT2D eigenvalue weighted by Gasteiger charge is 2.32. The Hall–Kier alpha value is 0.430. The largest absolute Gasteiger partial charge is 0.416 e. The fourth-order valence-corrected chi connectivity index (χ4v) is 1.31. The summed E-state index contributed by atoms with van der Waals surface area (Å²) in [5, 5.41) is 0. The van der Waals surface area contributed by atoms with Crippen LogP contribution in [0.15, 0.2) is 20.5 Å². The molecule has 0 nitrogen and oxygen atoms in total. The van der Waals surface area contributed by atoms with Crippen LogP contribution in [0.2, 0.25) is 0 Å². The Morgan fingerprint density at radius 3 is 2.00 bits per heavy atom. The summed E-state index contributed by atoms with van der Waals surface area (Å²) < 4.78 is 37.8. The van der Waals surface area contributed by atoms with Crippen molar-refractivity contribution in [1.29, 1.82) is 0 Å². The van der Waals surface area contributed by atoms with E-state index in [2.05, 4.69) is 0 Å². The van der Waals surface area contributed by atoms with Gasteiger partial charge in [0.1, 0.15) is 0 Å². The van der Waals surface area contributed by atoms with Crippen molar-refractivity contribution in [2.45, 2.75) is 20.0 Å². The summed E-state index contributed by atoms with van der Waals surface area (Å²) in [6.45, 7) is 4.81. The molecule has 1 atom stereocenters. The molecule has 0 amide bonds. The lowest BCUT2D eigenvalue weighted by atomic mass is 10.1. The van der Waals surface area contributed by atoms with Gasteiger partial charge in [-0.05, 0) is 49.2 Å². The van der Waals surface area contributed by atoms with Crippen molar-refractivity contribution in [1.82, 2.24) is 0 Å². The first-order valence-electron chi connectivity index (χ1n) is 3.58. The molecule has 0 fully saturated rings. The second kappa shape index (κ2) is 5.35. The average Bonchev–Trinajstić information content (AvgIpc) is 1.96. The lowest BCUT2D eigenvalue weighted by Crippen LogP contribution is -2.11. The zero-order valence-corrected chi connectivity index (χ0v) is 10.7. The number of alkyl halides is 3. The molecule has 0 radical (unpaired) electrons. The van der Waals surface area contributed by atoms with Crippen molar-refractivity contribution in [2.24, 2.45) is 0 Å². The second-order valence-corrected chi connectivity index (χ2v) is 5.87. The molecule has 0 aromatic heterocycles. The molecule has 0 heterocycles. The Morgan fingerprint density at radius 1 is 1.31 bits per heavy atom. The SMILES string of the molecule is CP/C(I)=C\C(=C(C)C)C(F)(F)F. The van der Waals surface area contributed by atoms with Gasteiger partial charge in [-0.25, -0.2) is 0 Å². The first kappa shape index (κ1) is 13.4. The van der Waals surface area contributed by atoms with Crippen LogP contribution < -0.4 is 0 Å².